The molecule has 22 heavy (non-hydrogen) atoms. The number of hydrogen-bond donors (Lipinski definition) is 1. The standard InChI is InChI=1S/C12H11Cl2N7S/c13-10-11(14)20(6-16-10)4-9-17-7(5-22-9)12-19-18-8-3-15-1-2-21(8)12/h5-6,15H,1-4H2. The molecule has 0 radical (unpaired) electrons. The Labute approximate surface area is 139 Å². The number of hydrogen-bond acceptors (Lipinski definition) is 6. The van der Waals surface area contributed by atoms with Crippen LogP contribution in [0.3, 0.4) is 0 Å². The largest absolute Gasteiger partial charge is 0.313 e. The summed E-state index contributed by atoms with van der Waals surface area (Å²) in [5, 5.41) is 15.4. The van der Waals surface area contributed by atoms with E-state index >= 15 is 0 Å². The number of nitrogens with one attached hydrogen (secondary N) is 1. The van der Waals surface area contributed by atoms with Crippen LogP contribution in [0.4, 0.5) is 0 Å². The zero-order valence-corrected chi connectivity index (χ0v) is 13.7. The van der Waals surface area contributed by atoms with E-state index in [4.69, 9.17) is 23.2 Å². The molecule has 0 fully saturated rings. The molecule has 0 amide bonds. The van der Waals surface area contributed by atoms with Crippen molar-refractivity contribution in [3.8, 4) is 11.5 Å². The Hall–Kier alpha value is -1.48. The minimum atomic E-state index is 0.303. The third-order valence-corrected chi connectivity index (χ3v) is 5.05. The second-order valence-corrected chi connectivity index (χ2v) is 6.51. The first-order chi connectivity index (χ1) is 10.7. The van der Waals surface area contributed by atoms with Gasteiger partial charge in [0.2, 0.25) is 0 Å². The summed E-state index contributed by atoms with van der Waals surface area (Å²) in [6.07, 6.45) is 1.61. The minimum Gasteiger partial charge on any atom is -0.313 e. The van der Waals surface area contributed by atoms with Crippen molar-refractivity contribution in [2.45, 2.75) is 19.6 Å². The van der Waals surface area contributed by atoms with Crippen LogP contribution in [0.15, 0.2) is 11.7 Å². The van der Waals surface area contributed by atoms with Gasteiger partial charge in [0, 0.05) is 18.5 Å². The van der Waals surface area contributed by atoms with Crippen molar-refractivity contribution in [2.24, 2.45) is 0 Å². The van der Waals surface area contributed by atoms with Gasteiger partial charge in [0.15, 0.2) is 11.0 Å². The average Bonchev–Trinajstić information content (AvgIpc) is 3.22. The van der Waals surface area contributed by atoms with E-state index in [1.165, 1.54) is 0 Å². The molecule has 4 heterocycles. The summed E-state index contributed by atoms with van der Waals surface area (Å²) in [4.78, 5) is 8.60. The highest BCUT2D eigenvalue weighted by atomic mass is 35.5. The molecule has 3 aromatic rings. The van der Waals surface area contributed by atoms with Gasteiger partial charge < -0.3 is 14.5 Å². The lowest BCUT2D eigenvalue weighted by molar-refractivity contribution is 0.508. The Kier molecular flexibility index (Phi) is 3.61. The number of fused-ring (bicyclic) bond motifs is 1. The number of nitrogens with zero attached hydrogens (tertiary/aromatic N) is 6. The van der Waals surface area contributed by atoms with E-state index in [-0.39, 0.29) is 0 Å². The third kappa shape index (κ3) is 2.41. The van der Waals surface area contributed by atoms with Crippen molar-refractivity contribution in [3.05, 3.63) is 32.8 Å². The second-order valence-electron chi connectivity index (χ2n) is 4.85. The molecular formula is C12H11Cl2N7S. The maximum Gasteiger partial charge on any atom is 0.183 e. The Morgan fingerprint density at radius 1 is 1.32 bits per heavy atom. The molecule has 3 aromatic heterocycles. The van der Waals surface area contributed by atoms with Gasteiger partial charge in [-0.25, -0.2) is 9.97 Å². The molecule has 1 aliphatic heterocycles. The normalized spacial score (nSPS) is 14.3. The Morgan fingerprint density at radius 2 is 2.23 bits per heavy atom. The summed E-state index contributed by atoms with van der Waals surface area (Å²) in [6.45, 7) is 3.05. The smallest absolute Gasteiger partial charge is 0.183 e. The number of halogens is 2. The average molecular weight is 356 g/mol. The molecule has 0 aromatic carbocycles. The molecule has 7 nitrogen and oxygen atoms in total. The molecule has 114 valence electrons. The first-order valence-electron chi connectivity index (χ1n) is 6.66. The zero-order chi connectivity index (χ0) is 15.1. The SMILES string of the molecule is Clc1ncn(Cc2nc(-c3nnc4n3CCNC4)cs2)c1Cl. The molecule has 0 aliphatic carbocycles. The van der Waals surface area contributed by atoms with E-state index in [2.05, 4.69) is 30.0 Å². The summed E-state index contributed by atoms with van der Waals surface area (Å²) in [5.41, 5.74) is 0.836. The number of thiazole rings is 1. The van der Waals surface area contributed by atoms with Gasteiger partial charge in [-0.15, -0.1) is 21.5 Å². The van der Waals surface area contributed by atoms with Crippen LogP contribution in [-0.4, -0.2) is 35.8 Å². The van der Waals surface area contributed by atoms with Gasteiger partial charge in [-0.1, -0.05) is 23.2 Å². The third-order valence-electron chi connectivity index (χ3n) is 3.44. The van der Waals surface area contributed by atoms with Gasteiger partial charge in [-0.2, -0.15) is 0 Å². The van der Waals surface area contributed by atoms with Crippen molar-refractivity contribution in [3.63, 3.8) is 0 Å². The van der Waals surface area contributed by atoms with Gasteiger partial charge in [0.05, 0.1) is 19.4 Å². The lowest BCUT2D eigenvalue weighted by atomic mass is 10.4. The van der Waals surface area contributed by atoms with Crippen LogP contribution in [-0.2, 0) is 19.6 Å². The molecule has 0 unspecified atom stereocenters. The van der Waals surface area contributed by atoms with Crippen LogP contribution >= 0.6 is 34.5 Å². The van der Waals surface area contributed by atoms with E-state index in [1.54, 1.807) is 22.2 Å². The molecule has 1 aliphatic rings. The van der Waals surface area contributed by atoms with E-state index in [0.29, 0.717) is 16.9 Å². The lowest BCUT2D eigenvalue weighted by Crippen LogP contribution is -2.28. The van der Waals surface area contributed by atoms with E-state index < -0.39 is 0 Å². The van der Waals surface area contributed by atoms with E-state index in [1.807, 2.05) is 5.38 Å². The summed E-state index contributed by atoms with van der Waals surface area (Å²) in [7, 11) is 0. The van der Waals surface area contributed by atoms with E-state index in [9.17, 15) is 0 Å². The van der Waals surface area contributed by atoms with Crippen LogP contribution in [0.2, 0.25) is 10.3 Å². The van der Waals surface area contributed by atoms with Crippen LogP contribution in [0.5, 0.6) is 0 Å². The van der Waals surface area contributed by atoms with Crippen LogP contribution in [0.1, 0.15) is 10.8 Å². The highest BCUT2D eigenvalue weighted by Gasteiger charge is 2.19. The van der Waals surface area contributed by atoms with Crippen molar-refractivity contribution in [1.29, 1.82) is 0 Å². The second kappa shape index (κ2) is 5.62. The maximum absolute atomic E-state index is 6.07. The van der Waals surface area contributed by atoms with Crippen molar-refractivity contribution >= 4 is 34.5 Å². The van der Waals surface area contributed by atoms with Gasteiger partial charge in [0.25, 0.3) is 0 Å². The fourth-order valence-electron chi connectivity index (χ4n) is 2.37. The Morgan fingerprint density at radius 3 is 3.05 bits per heavy atom. The fourth-order valence-corrected chi connectivity index (χ4v) is 3.44. The number of imidazole rings is 1. The van der Waals surface area contributed by atoms with Crippen LogP contribution < -0.4 is 5.32 Å². The summed E-state index contributed by atoms with van der Waals surface area (Å²) in [5.74, 6) is 1.76. The van der Waals surface area contributed by atoms with Crippen molar-refractivity contribution < 1.29 is 0 Å². The number of aromatic nitrogens is 6. The molecule has 0 bridgehead atoms. The monoisotopic (exact) mass is 355 g/mol. The molecule has 1 N–H and O–H groups in total. The molecule has 0 spiro atoms. The Balaban J connectivity index is 1.62. The van der Waals surface area contributed by atoms with Gasteiger partial charge in [-0.05, 0) is 0 Å². The number of rotatable bonds is 3. The van der Waals surface area contributed by atoms with Crippen LogP contribution in [0, 0.1) is 0 Å². The summed E-state index contributed by atoms with van der Waals surface area (Å²) < 4.78 is 3.87. The van der Waals surface area contributed by atoms with Crippen LogP contribution in [0.25, 0.3) is 11.5 Å². The highest BCUT2D eigenvalue weighted by molar-refractivity contribution is 7.09. The summed E-state index contributed by atoms with van der Waals surface area (Å²) in [6, 6.07) is 0. The predicted octanol–water partition coefficient (Wildman–Crippen LogP) is 2.06. The van der Waals surface area contributed by atoms with Crippen molar-refractivity contribution in [1.82, 2.24) is 34.6 Å². The molecule has 0 saturated carbocycles. The van der Waals surface area contributed by atoms with Gasteiger partial charge in [0.1, 0.15) is 21.7 Å². The molecule has 0 atom stereocenters. The summed E-state index contributed by atoms with van der Waals surface area (Å²) >= 11 is 13.5. The first kappa shape index (κ1) is 14.1. The van der Waals surface area contributed by atoms with Gasteiger partial charge >= 0.3 is 0 Å². The maximum atomic E-state index is 6.07. The van der Waals surface area contributed by atoms with Gasteiger partial charge in [-0.3, -0.25) is 0 Å². The molecule has 0 saturated heterocycles. The Bertz CT molecular complexity index is 821. The quantitative estimate of drug-likeness (QED) is 0.778. The molecular weight excluding hydrogens is 345 g/mol. The predicted molar refractivity (Wildman–Crippen MR) is 84.2 cm³/mol. The minimum absolute atomic E-state index is 0.303. The fraction of sp³-hybridized carbons (Fsp3) is 0.333. The topological polar surface area (TPSA) is 73.5 Å². The highest BCUT2D eigenvalue weighted by Crippen LogP contribution is 2.25. The molecule has 4 rings (SSSR count). The lowest BCUT2D eigenvalue weighted by Gasteiger charge is -2.15. The molecule has 10 heteroatoms. The van der Waals surface area contributed by atoms with Crippen molar-refractivity contribution in [2.75, 3.05) is 6.54 Å². The zero-order valence-electron chi connectivity index (χ0n) is 11.3. The van der Waals surface area contributed by atoms with E-state index in [0.717, 1.165) is 42.0 Å². The first-order valence-corrected chi connectivity index (χ1v) is 8.29.